The number of nitrogens with zero attached hydrogens (tertiary/aromatic N) is 1. The first kappa shape index (κ1) is 17.3. The van der Waals surface area contributed by atoms with E-state index in [1.54, 1.807) is 19.1 Å². The van der Waals surface area contributed by atoms with E-state index in [1.165, 1.54) is 0 Å². The molecular weight excluding hydrogens is 358 g/mol. The summed E-state index contributed by atoms with van der Waals surface area (Å²) in [6.45, 7) is 1.55. The molecule has 0 aliphatic carbocycles. The van der Waals surface area contributed by atoms with Gasteiger partial charge in [0.2, 0.25) is 0 Å². The fraction of sp³-hybridized carbons (Fsp3) is 0.0435. The van der Waals surface area contributed by atoms with Gasteiger partial charge in [0.25, 0.3) is 0 Å². The number of Topliss-reactive ketones (excluding diaryl/α,β-unsaturated/α-hetero) is 1. The molecule has 3 nitrogen and oxygen atoms in total. The highest BCUT2D eigenvalue weighted by Crippen LogP contribution is 2.24. The molecule has 0 unspecified atom stereocenters. The molecule has 1 aromatic heterocycles. The van der Waals surface area contributed by atoms with Crippen LogP contribution in [0.5, 0.6) is 0 Å². The maximum atomic E-state index is 11.5. The average Bonchev–Trinajstić information content (AvgIpc) is 2.69. The van der Waals surface area contributed by atoms with Gasteiger partial charge in [-0.2, -0.15) is 0 Å². The van der Waals surface area contributed by atoms with Crippen molar-refractivity contribution in [2.24, 2.45) is 4.99 Å². The van der Waals surface area contributed by atoms with E-state index in [0.29, 0.717) is 16.3 Å². The van der Waals surface area contributed by atoms with E-state index < -0.39 is 0 Å². The minimum Gasteiger partial charge on any atom is -0.456 e. The normalized spacial score (nSPS) is 11.7. The fourth-order valence-electron chi connectivity index (χ4n) is 2.88. The Morgan fingerprint density at radius 1 is 0.926 bits per heavy atom. The van der Waals surface area contributed by atoms with Crippen LogP contribution in [0.25, 0.3) is 22.3 Å². The van der Waals surface area contributed by atoms with E-state index in [4.69, 9.17) is 21.0 Å². The quantitative estimate of drug-likeness (QED) is 0.402. The Balaban J connectivity index is 1.90. The molecule has 1 heterocycles. The largest absolute Gasteiger partial charge is 0.456 e. The summed E-state index contributed by atoms with van der Waals surface area (Å²) in [4.78, 5) is 16.2. The molecule has 0 atom stereocenters. The van der Waals surface area contributed by atoms with Crippen LogP contribution in [0.15, 0.2) is 88.3 Å². The van der Waals surface area contributed by atoms with Gasteiger partial charge in [-0.3, -0.25) is 4.79 Å². The Hall–Kier alpha value is -3.17. The first-order chi connectivity index (χ1) is 13.1. The molecule has 132 valence electrons. The Morgan fingerprint density at radius 3 is 2.33 bits per heavy atom. The molecule has 3 aromatic carbocycles. The number of carbonyl (C=O) groups is 1. The number of fused-ring (bicyclic) bond motifs is 1. The number of hydrogen-bond acceptors (Lipinski definition) is 3. The minimum absolute atomic E-state index is 0.0375. The Labute approximate surface area is 161 Å². The van der Waals surface area contributed by atoms with Crippen LogP contribution in [0.1, 0.15) is 17.3 Å². The molecule has 0 bridgehead atoms. The van der Waals surface area contributed by atoms with Crippen molar-refractivity contribution in [2.75, 3.05) is 0 Å². The summed E-state index contributed by atoms with van der Waals surface area (Å²) in [5.41, 5.74) is 3.12. The third-order valence-corrected chi connectivity index (χ3v) is 4.55. The van der Waals surface area contributed by atoms with Gasteiger partial charge in [-0.05, 0) is 67.6 Å². The Bertz CT molecular complexity index is 1190. The van der Waals surface area contributed by atoms with Crippen LogP contribution in [0.3, 0.4) is 0 Å². The number of hydrogen-bond donors (Lipinski definition) is 0. The van der Waals surface area contributed by atoms with Gasteiger partial charge in [0.1, 0.15) is 11.3 Å². The summed E-state index contributed by atoms with van der Waals surface area (Å²) in [6.07, 6.45) is 0. The molecule has 0 saturated heterocycles. The van der Waals surface area contributed by atoms with Crippen molar-refractivity contribution in [3.63, 3.8) is 0 Å². The lowest BCUT2D eigenvalue weighted by Gasteiger charge is -2.05. The van der Waals surface area contributed by atoms with Crippen LogP contribution >= 0.6 is 11.6 Å². The number of benzene rings is 3. The Morgan fingerprint density at radius 2 is 1.63 bits per heavy atom. The zero-order valence-corrected chi connectivity index (χ0v) is 15.4. The molecule has 27 heavy (non-hydrogen) atoms. The van der Waals surface area contributed by atoms with Gasteiger partial charge in [-0.25, -0.2) is 4.99 Å². The molecule has 0 N–H and O–H groups in total. The molecule has 0 aliphatic heterocycles. The van der Waals surface area contributed by atoms with Gasteiger partial charge in [-0.15, -0.1) is 0 Å². The second-order valence-corrected chi connectivity index (χ2v) is 6.65. The van der Waals surface area contributed by atoms with Crippen LogP contribution in [-0.4, -0.2) is 5.78 Å². The van der Waals surface area contributed by atoms with Crippen molar-refractivity contribution < 1.29 is 9.21 Å². The van der Waals surface area contributed by atoms with Crippen molar-refractivity contribution in [3.8, 4) is 11.3 Å². The molecule has 0 amide bonds. The van der Waals surface area contributed by atoms with Crippen LogP contribution in [0.2, 0.25) is 5.02 Å². The van der Waals surface area contributed by atoms with E-state index in [9.17, 15) is 4.79 Å². The summed E-state index contributed by atoms with van der Waals surface area (Å²) in [6, 6.07) is 24.5. The molecule has 0 aliphatic rings. The third kappa shape index (κ3) is 3.69. The van der Waals surface area contributed by atoms with Crippen molar-refractivity contribution in [3.05, 3.63) is 94.8 Å². The van der Waals surface area contributed by atoms with E-state index in [-0.39, 0.29) is 5.78 Å². The summed E-state index contributed by atoms with van der Waals surface area (Å²) in [5.74, 6) is 0.750. The summed E-state index contributed by atoms with van der Waals surface area (Å²) in [7, 11) is 0. The minimum atomic E-state index is 0.0375. The highest BCUT2D eigenvalue weighted by Gasteiger charge is 2.06. The predicted octanol–water partition coefficient (Wildman–Crippen LogP) is 6.19. The van der Waals surface area contributed by atoms with Crippen molar-refractivity contribution in [1.82, 2.24) is 0 Å². The SMILES string of the molecule is CC(=O)c1ccc(N=c2cc(-c3ccc(Cl)cc3)oc3ccccc23)cc1. The lowest BCUT2D eigenvalue weighted by atomic mass is 10.1. The third-order valence-electron chi connectivity index (χ3n) is 4.30. The molecule has 0 saturated carbocycles. The highest BCUT2D eigenvalue weighted by molar-refractivity contribution is 6.30. The second kappa shape index (κ2) is 7.22. The lowest BCUT2D eigenvalue weighted by Crippen LogP contribution is -2.03. The first-order valence-electron chi connectivity index (χ1n) is 8.55. The van der Waals surface area contributed by atoms with Crippen LogP contribution in [0.4, 0.5) is 5.69 Å². The molecule has 0 spiro atoms. The zero-order chi connectivity index (χ0) is 18.8. The van der Waals surface area contributed by atoms with E-state index >= 15 is 0 Å². The average molecular weight is 374 g/mol. The number of para-hydroxylation sites is 1. The van der Waals surface area contributed by atoms with Crippen molar-refractivity contribution >= 4 is 34.0 Å². The molecule has 0 radical (unpaired) electrons. The monoisotopic (exact) mass is 373 g/mol. The Kier molecular flexibility index (Phi) is 4.61. The van der Waals surface area contributed by atoms with Gasteiger partial charge in [0.15, 0.2) is 5.78 Å². The summed E-state index contributed by atoms with van der Waals surface area (Å²) < 4.78 is 6.07. The van der Waals surface area contributed by atoms with Gasteiger partial charge in [-0.1, -0.05) is 23.7 Å². The van der Waals surface area contributed by atoms with Gasteiger partial charge < -0.3 is 4.42 Å². The van der Waals surface area contributed by atoms with Gasteiger partial charge >= 0.3 is 0 Å². The van der Waals surface area contributed by atoms with E-state index in [2.05, 4.69) is 0 Å². The summed E-state index contributed by atoms with van der Waals surface area (Å²) in [5, 5.41) is 2.40. The zero-order valence-electron chi connectivity index (χ0n) is 14.6. The molecule has 0 fully saturated rings. The number of halogens is 1. The topological polar surface area (TPSA) is 42.6 Å². The van der Waals surface area contributed by atoms with Gasteiger partial charge in [0, 0.05) is 27.6 Å². The second-order valence-electron chi connectivity index (χ2n) is 6.21. The number of rotatable bonds is 3. The molecule has 4 heteroatoms. The molecular formula is C23H16ClNO2. The molecule has 4 aromatic rings. The lowest BCUT2D eigenvalue weighted by molar-refractivity contribution is 0.101. The summed E-state index contributed by atoms with van der Waals surface area (Å²) >= 11 is 5.99. The van der Waals surface area contributed by atoms with Crippen LogP contribution in [-0.2, 0) is 0 Å². The van der Waals surface area contributed by atoms with E-state index in [1.807, 2.05) is 66.7 Å². The van der Waals surface area contributed by atoms with Crippen LogP contribution in [0, 0.1) is 0 Å². The van der Waals surface area contributed by atoms with Crippen molar-refractivity contribution in [2.45, 2.75) is 6.92 Å². The van der Waals surface area contributed by atoms with Gasteiger partial charge in [0.05, 0.1) is 11.0 Å². The molecule has 4 rings (SSSR count). The first-order valence-corrected chi connectivity index (χ1v) is 8.92. The smallest absolute Gasteiger partial charge is 0.159 e. The number of carbonyl (C=O) groups excluding carboxylic acids is 1. The maximum absolute atomic E-state index is 11.5. The predicted molar refractivity (Wildman–Crippen MR) is 108 cm³/mol. The fourth-order valence-corrected chi connectivity index (χ4v) is 3.00. The highest BCUT2D eigenvalue weighted by atomic mass is 35.5. The maximum Gasteiger partial charge on any atom is 0.159 e. The number of ketones is 1. The van der Waals surface area contributed by atoms with Crippen LogP contribution < -0.4 is 5.36 Å². The van der Waals surface area contributed by atoms with Crippen molar-refractivity contribution in [1.29, 1.82) is 0 Å². The standard InChI is InChI=1S/C23H16ClNO2/c1-15(26)16-8-12-19(13-9-16)25-21-14-23(17-6-10-18(24)11-7-17)27-22-5-3-2-4-20(21)22/h2-14H,1H3. The van der Waals surface area contributed by atoms with E-state index in [0.717, 1.165) is 27.6 Å².